The summed E-state index contributed by atoms with van der Waals surface area (Å²) in [5.41, 5.74) is 1.55. The van der Waals surface area contributed by atoms with Gasteiger partial charge in [0.15, 0.2) is 5.82 Å². The van der Waals surface area contributed by atoms with E-state index < -0.39 is 0 Å². The number of hydrogen-bond donors (Lipinski definition) is 3. The van der Waals surface area contributed by atoms with Gasteiger partial charge in [0, 0.05) is 19.3 Å². The second-order valence-corrected chi connectivity index (χ2v) is 8.33. The van der Waals surface area contributed by atoms with Gasteiger partial charge >= 0.3 is 0 Å². The second-order valence-electron chi connectivity index (χ2n) is 7.27. The molecule has 0 aliphatic heterocycles. The molecule has 3 aromatic rings. The van der Waals surface area contributed by atoms with Crippen LogP contribution in [-0.2, 0) is 28.9 Å². The summed E-state index contributed by atoms with van der Waals surface area (Å²) in [6.07, 6.45) is 9.25. The second kappa shape index (κ2) is 12.3. The standard InChI is InChI=1S/C23H24N6O3S/c1-2-3-10-20(31)25-23-29-28-22(33-23)11-5-4-8-17-12-13-19(27-26-17)24-21(32)15-16-7-6-9-18(30)14-16/h1,6-7,9,12-14,30H,3-5,8,10-11,15H2,(H,24,27,32)(H,25,29,31). The van der Waals surface area contributed by atoms with Crippen LogP contribution in [-0.4, -0.2) is 37.3 Å². The molecule has 2 amide bonds. The summed E-state index contributed by atoms with van der Waals surface area (Å²) in [7, 11) is 0. The van der Waals surface area contributed by atoms with E-state index in [0.29, 0.717) is 22.9 Å². The number of hydrogen-bond acceptors (Lipinski definition) is 8. The molecule has 0 aliphatic rings. The molecule has 3 N–H and O–H groups in total. The molecule has 3 rings (SSSR count). The molecule has 0 saturated heterocycles. The van der Waals surface area contributed by atoms with Gasteiger partial charge in [-0.05, 0) is 49.1 Å². The zero-order valence-electron chi connectivity index (χ0n) is 18.0. The van der Waals surface area contributed by atoms with Crippen LogP contribution in [0.25, 0.3) is 0 Å². The number of amides is 2. The summed E-state index contributed by atoms with van der Waals surface area (Å²) < 4.78 is 0. The number of anilines is 2. The summed E-state index contributed by atoms with van der Waals surface area (Å²) in [4.78, 5) is 23.8. The molecule has 2 heterocycles. The molecule has 0 aliphatic carbocycles. The minimum atomic E-state index is -0.230. The fourth-order valence-electron chi connectivity index (χ4n) is 2.95. The maximum absolute atomic E-state index is 12.1. The Morgan fingerprint density at radius 3 is 2.61 bits per heavy atom. The van der Waals surface area contributed by atoms with E-state index in [1.54, 1.807) is 30.3 Å². The average Bonchev–Trinajstić information content (AvgIpc) is 3.23. The van der Waals surface area contributed by atoms with Crippen molar-refractivity contribution in [3.05, 3.63) is 52.7 Å². The van der Waals surface area contributed by atoms with E-state index >= 15 is 0 Å². The van der Waals surface area contributed by atoms with Crippen molar-refractivity contribution < 1.29 is 14.7 Å². The van der Waals surface area contributed by atoms with Crippen LogP contribution in [0.5, 0.6) is 5.75 Å². The summed E-state index contributed by atoms with van der Waals surface area (Å²) in [5.74, 6) is 2.55. The van der Waals surface area contributed by atoms with Gasteiger partial charge in [-0.15, -0.1) is 27.6 Å². The molecule has 0 saturated carbocycles. The number of phenols is 1. The number of rotatable bonds is 11. The lowest BCUT2D eigenvalue weighted by atomic mass is 10.1. The predicted molar refractivity (Wildman–Crippen MR) is 126 cm³/mol. The van der Waals surface area contributed by atoms with Gasteiger partial charge in [0.2, 0.25) is 16.9 Å². The summed E-state index contributed by atoms with van der Waals surface area (Å²) >= 11 is 1.36. The molecule has 2 aromatic heterocycles. The highest BCUT2D eigenvalue weighted by atomic mass is 32.1. The Kier molecular flexibility index (Phi) is 8.85. The van der Waals surface area contributed by atoms with Gasteiger partial charge in [-0.1, -0.05) is 23.5 Å². The highest BCUT2D eigenvalue weighted by Crippen LogP contribution is 2.18. The predicted octanol–water partition coefficient (Wildman–Crippen LogP) is 3.13. The van der Waals surface area contributed by atoms with Gasteiger partial charge in [0.05, 0.1) is 12.1 Å². The third-order valence-corrected chi connectivity index (χ3v) is 5.44. The largest absolute Gasteiger partial charge is 0.508 e. The number of aryl methyl sites for hydroxylation is 2. The van der Waals surface area contributed by atoms with Crippen LogP contribution in [0.15, 0.2) is 36.4 Å². The molecular formula is C23H24N6O3S. The lowest BCUT2D eigenvalue weighted by Crippen LogP contribution is -2.15. The first-order chi connectivity index (χ1) is 16.0. The lowest BCUT2D eigenvalue weighted by molar-refractivity contribution is -0.116. The van der Waals surface area contributed by atoms with Crippen molar-refractivity contribution in [3.8, 4) is 18.1 Å². The van der Waals surface area contributed by atoms with E-state index in [4.69, 9.17) is 6.42 Å². The first-order valence-electron chi connectivity index (χ1n) is 10.5. The van der Waals surface area contributed by atoms with Crippen molar-refractivity contribution in [3.63, 3.8) is 0 Å². The molecule has 0 bridgehead atoms. The molecule has 9 nitrogen and oxygen atoms in total. The molecule has 10 heteroatoms. The zero-order valence-corrected chi connectivity index (χ0v) is 18.8. The Morgan fingerprint density at radius 2 is 1.85 bits per heavy atom. The number of unbranched alkanes of at least 4 members (excludes halogenated alkanes) is 1. The van der Waals surface area contributed by atoms with Gasteiger partial charge in [-0.2, -0.15) is 5.10 Å². The number of nitrogens with one attached hydrogen (secondary N) is 2. The quantitative estimate of drug-likeness (QED) is 0.294. The topological polar surface area (TPSA) is 130 Å². The van der Waals surface area contributed by atoms with Crippen LogP contribution in [0.2, 0.25) is 0 Å². The van der Waals surface area contributed by atoms with Gasteiger partial charge in [0.1, 0.15) is 10.8 Å². The molecular weight excluding hydrogens is 440 g/mol. The minimum absolute atomic E-state index is 0.124. The zero-order chi connectivity index (χ0) is 23.5. The van der Waals surface area contributed by atoms with Gasteiger partial charge in [-0.25, -0.2) is 0 Å². The number of carbonyl (C=O) groups excluding carboxylic acids is 2. The van der Waals surface area contributed by atoms with Gasteiger partial charge in [-0.3, -0.25) is 9.59 Å². The average molecular weight is 465 g/mol. The maximum atomic E-state index is 12.1. The number of phenolic OH excluding ortho intramolecular Hbond substituents is 1. The Bertz CT molecular complexity index is 1120. The normalized spacial score (nSPS) is 10.4. The van der Waals surface area contributed by atoms with E-state index in [0.717, 1.165) is 36.4 Å². The molecule has 0 atom stereocenters. The van der Waals surface area contributed by atoms with E-state index in [9.17, 15) is 14.7 Å². The third-order valence-electron chi connectivity index (χ3n) is 4.55. The number of aromatic nitrogens is 4. The van der Waals surface area contributed by atoms with Crippen LogP contribution in [0.1, 0.15) is 41.9 Å². The van der Waals surface area contributed by atoms with Crippen LogP contribution in [0.3, 0.4) is 0 Å². The Hall–Kier alpha value is -3.84. The summed E-state index contributed by atoms with van der Waals surface area (Å²) in [5, 5.41) is 32.5. The third kappa shape index (κ3) is 8.31. The molecule has 170 valence electrons. The molecule has 0 unspecified atom stereocenters. The number of terminal acetylenes is 1. The summed E-state index contributed by atoms with van der Waals surface area (Å²) in [6, 6.07) is 10.1. The van der Waals surface area contributed by atoms with Crippen molar-refractivity contribution in [2.75, 3.05) is 10.6 Å². The Morgan fingerprint density at radius 1 is 1.00 bits per heavy atom. The van der Waals surface area contributed by atoms with E-state index in [2.05, 4.69) is 36.9 Å². The molecule has 0 spiro atoms. The molecule has 0 radical (unpaired) electrons. The highest BCUT2D eigenvalue weighted by molar-refractivity contribution is 7.15. The van der Waals surface area contributed by atoms with Crippen molar-refractivity contribution in [2.45, 2.75) is 44.9 Å². The first-order valence-corrected chi connectivity index (χ1v) is 11.3. The van der Waals surface area contributed by atoms with E-state index in [1.165, 1.54) is 11.3 Å². The maximum Gasteiger partial charge on any atom is 0.229 e. The van der Waals surface area contributed by atoms with Gasteiger partial charge in [0.25, 0.3) is 0 Å². The number of nitrogens with zero attached hydrogens (tertiary/aromatic N) is 4. The van der Waals surface area contributed by atoms with Gasteiger partial charge < -0.3 is 15.7 Å². The Balaban J connectivity index is 1.36. The first kappa shape index (κ1) is 23.8. The lowest BCUT2D eigenvalue weighted by Gasteiger charge is -2.05. The van der Waals surface area contributed by atoms with Crippen LogP contribution < -0.4 is 10.6 Å². The number of carbonyl (C=O) groups is 2. The minimum Gasteiger partial charge on any atom is -0.508 e. The van der Waals surface area contributed by atoms with Crippen molar-refractivity contribution >= 4 is 34.1 Å². The van der Waals surface area contributed by atoms with Crippen LogP contribution >= 0.6 is 11.3 Å². The SMILES string of the molecule is C#CCCC(=O)Nc1nnc(CCCCc2ccc(NC(=O)Cc3cccc(O)c3)nn2)s1. The molecule has 0 fully saturated rings. The van der Waals surface area contributed by atoms with Crippen LogP contribution in [0, 0.1) is 12.3 Å². The van der Waals surface area contributed by atoms with Crippen LogP contribution in [0.4, 0.5) is 10.9 Å². The molecule has 1 aromatic carbocycles. The number of benzene rings is 1. The number of aromatic hydroxyl groups is 1. The van der Waals surface area contributed by atoms with Crippen molar-refractivity contribution in [1.29, 1.82) is 0 Å². The van der Waals surface area contributed by atoms with E-state index in [1.807, 2.05) is 6.07 Å². The molecule has 33 heavy (non-hydrogen) atoms. The fraction of sp³-hybridized carbons (Fsp3) is 0.304. The fourth-order valence-corrected chi connectivity index (χ4v) is 3.75. The summed E-state index contributed by atoms with van der Waals surface area (Å²) in [6.45, 7) is 0. The Labute approximate surface area is 195 Å². The monoisotopic (exact) mass is 464 g/mol. The highest BCUT2D eigenvalue weighted by Gasteiger charge is 2.09. The van der Waals surface area contributed by atoms with Crippen molar-refractivity contribution in [2.24, 2.45) is 0 Å². The smallest absolute Gasteiger partial charge is 0.229 e. The van der Waals surface area contributed by atoms with Crippen molar-refractivity contribution in [1.82, 2.24) is 20.4 Å². The van der Waals surface area contributed by atoms with E-state index in [-0.39, 0.29) is 30.4 Å².